The van der Waals surface area contributed by atoms with E-state index in [-0.39, 0.29) is 5.91 Å². The van der Waals surface area contributed by atoms with Gasteiger partial charge in [-0.1, -0.05) is 18.2 Å². The lowest BCUT2D eigenvalue weighted by atomic mass is 9.90. The predicted octanol–water partition coefficient (Wildman–Crippen LogP) is 4.07. The molecule has 0 atom stereocenters. The zero-order valence-electron chi connectivity index (χ0n) is 15.1. The first-order valence-corrected chi connectivity index (χ1v) is 8.74. The summed E-state index contributed by atoms with van der Waals surface area (Å²) in [5, 5.41) is 2.99. The largest absolute Gasteiger partial charge is 0.493 e. The van der Waals surface area contributed by atoms with Crippen molar-refractivity contribution in [3.05, 3.63) is 52.6 Å². The third-order valence-electron chi connectivity index (χ3n) is 4.78. The van der Waals surface area contributed by atoms with Crippen molar-refractivity contribution in [3.63, 3.8) is 0 Å². The number of fused-ring (bicyclic) bond motifs is 1. The number of methoxy groups -OCH3 is 2. The van der Waals surface area contributed by atoms with E-state index in [1.807, 2.05) is 13.0 Å². The van der Waals surface area contributed by atoms with Crippen molar-refractivity contribution in [3.8, 4) is 11.5 Å². The number of aryl methyl sites for hydroxylation is 3. The van der Waals surface area contributed by atoms with Gasteiger partial charge in [0.1, 0.15) is 0 Å². The Labute approximate surface area is 149 Å². The third kappa shape index (κ3) is 3.95. The molecule has 2 aromatic carbocycles. The molecule has 0 saturated carbocycles. The lowest BCUT2D eigenvalue weighted by Crippen LogP contribution is -2.16. The fraction of sp³-hybridized carbons (Fsp3) is 0.381. The second-order valence-corrected chi connectivity index (χ2v) is 6.56. The quantitative estimate of drug-likeness (QED) is 0.893. The number of nitrogens with one attached hydrogen (secondary N) is 1. The van der Waals surface area contributed by atoms with Crippen molar-refractivity contribution in [2.75, 3.05) is 19.5 Å². The van der Waals surface area contributed by atoms with Gasteiger partial charge in [-0.3, -0.25) is 4.79 Å². The number of hydrogen-bond donors (Lipinski definition) is 1. The first kappa shape index (κ1) is 17.3. The van der Waals surface area contributed by atoms with Crippen LogP contribution in [0.25, 0.3) is 0 Å². The molecule has 0 unspecified atom stereocenters. The highest BCUT2D eigenvalue weighted by molar-refractivity contribution is 5.93. The molecule has 1 amide bonds. The van der Waals surface area contributed by atoms with Crippen LogP contribution in [0.5, 0.6) is 11.5 Å². The Morgan fingerprint density at radius 3 is 2.40 bits per heavy atom. The number of carbonyl (C=O) groups excluding carboxylic acids is 1. The van der Waals surface area contributed by atoms with Crippen molar-refractivity contribution in [2.24, 2.45) is 0 Å². The Balaban J connectivity index is 1.72. The molecule has 0 aromatic heterocycles. The molecule has 0 radical (unpaired) electrons. The standard InChI is InChI=1S/C21H25NO3/c1-14-10-19(24-2)20(25-3)13-18(14)22-21(23)12-15-8-9-16-6-4-5-7-17(16)11-15/h8-11,13H,4-7,12H2,1-3H3,(H,22,23). The second-order valence-electron chi connectivity index (χ2n) is 6.56. The van der Waals surface area contributed by atoms with Crippen LogP contribution in [0.4, 0.5) is 5.69 Å². The molecule has 25 heavy (non-hydrogen) atoms. The van der Waals surface area contributed by atoms with Crippen molar-refractivity contribution in [2.45, 2.75) is 39.0 Å². The molecule has 3 rings (SSSR count). The van der Waals surface area contributed by atoms with Crippen molar-refractivity contribution < 1.29 is 14.3 Å². The maximum Gasteiger partial charge on any atom is 0.228 e. The SMILES string of the molecule is COc1cc(C)c(NC(=O)Cc2ccc3c(c2)CCCC3)cc1OC. The van der Waals surface area contributed by atoms with Crippen LogP contribution in [0, 0.1) is 6.92 Å². The number of carbonyl (C=O) groups is 1. The first-order chi connectivity index (χ1) is 12.1. The fourth-order valence-corrected chi connectivity index (χ4v) is 3.39. The maximum atomic E-state index is 12.5. The van der Waals surface area contributed by atoms with Gasteiger partial charge < -0.3 is 14.8 Å². The Kier molecular flexibility index (Phi) is 5.27. The van der Waals surface area contributed by atoms with E-state index in [9.17, 15) is 4.79 Å². The van der Waals surface area contributed by atoms with Gasteiger partial charge in [0.25, 0.3) is 0 Å². The van der Waals surface area contributed by atoms with E-state index in [0.717, 1.165) is 29.7 Å². The van der Waals surface area contributed by atoms with Gasteiger partial charge in [0.15, 0.2) is 11.5 Å². The van der Waals surface area contributed by atoms with E-state index in [0.29, 0.717) is 17.9 Å². The lowest BCUT2D eigenvalue weighted by Gasteiger charge is -2.17. The summed E-state index contributed by atoms with van der Waals surface area (Å²) in [5.41, 5.74) is 5.60. The topological polar surface area (TPSA) is 47.6 Å². The molecular weight excluding hydrogens is 314 g/mol. The number of hydrogen-bond acceptors (Lipinski definition) is 3. The normalized spacial score (nSPS) is 13.1. The van der Waals surface area contributed by atoms with Gasteiger partial charge in [-0.2, -0.15) is 0 Å². The summed E-state index contributed by atoms with van der Waals surface area (Å²) in [7, 11) is 3.19. The van der Waals surface area contributed by atoms with Crippen LogP contribution in [0.2, 0.25) is 0 Å². The fourth-order valence-electron chi connectivity index (χ4n) is 3.39. The first-order valence-electron chi connectivity index (χ1n) is 8.74. The van der Waals surface area contributed by atoms with Gasteiger partial charge in [-0.25, -0.2) is 0 Å². The molecule has 4 heteroatoms. The van der Waals surface area contributed by atoms with Crippen LogP contribution in [0.15, 0.2) is 30.3 Å². The molecule has 0 spiro atoms. The lowest BCUT2D eigenvalue weighted by molar-refractivity contribution is -0.115. The number of benzene rings is 2. The monoisotopic (exact) mass is 339 g/mol. The molecule has 1 N–H and O–H groups in total. The zero-order chi connectivity index (χ0) is 17.8. The number of anilines is 1. The average molecular weight is 339 g/mol. The van der Waals surface area contributed by atoms with E-state index in [4.69, 9.17) is 9.47 Å². The molecule has 0 aliphatic heterocycles. The van der Waals surface area contributed by atoms with Crippen LogP contribution >= 0.6 is 0 Å². The minimum atomic E-state index is -0.0221. The maximum absolute atomic E-state index is 12.5. The highest BCUT2D eigenvalue weighted by Crippen LogP contribution is 2.33. The summed E-state index contributed by atoms with van der Waals surface area (Å²) >= 11 is 0. The molecule has 132 valence electrons. The van der Waals surface area contributed by atoms with Gasteiger partial charge >= 0.3 is 0 Å². The van der Waals surface area contributed by atoms with Crippen LogP contribution in [0.1, 0.15) is 35.1 Å². The summed E-state index contributed by atoms with van der Waals surface area (Å²) in [5.74, 6) is 1.25. The molecule has 2 aromatic rings. The van der Waals surface area contributed by atoms with Gasteiger partial charge in [0.05, 0.1) is 20.6 Å². The molecule has 1 aliphatic carbocycles. The van der Waals surface area contributed by atoms with E-state index in [1.165, 1.54) is 24.0 Å². The van der Waals surface area contributed by atoms with Gasteiger partial charge in [-0.05, 0) is 60.9 Å². The van der Waals surface area contributed by atoms with Crippen LogP contribution in [-0.4, -0.2) is 20.1 Å². The van der Waals surface area contributed by atoms with E-state index in [2.05, 4.69) is 23.5 Å². The highest BCUT2D eigenvalue weighted by Gasteiger charge is 2.13. The molecule has 0 fully saturated rings. The third-order valence-corrected chi connectivity index (χ3v) is 4.78. The van der Waals surface area contributed by atoms with E-state index < -0.39 is 0 Å². The summed E-state index contributed by atoms with van der Waals surface area (Å²) in [6.45, 7) is 1.94. The molecule has 4 nitrogen and oxygen atoms in total. The summed E-state index contributed by atoms with van der Waals surface area (Å²) < 4.78 is 10.6. The van der Waals surface area contributed by atoms with E-state index in [1.54, 1.807) is 20.3 Å². The van der Waals surface area contributed by atoms with Gasteiger partial charge in [0.2, 0.25) is 5.91 Å². The van der Waals surface area contributed by atoms with Crippen molar-refractivity contribution in [1.82, 2.24) is 0 Å². The number of amides is 1. The minimum Gasteiger partial charge on any atom is -0.493 e. The Morgan fingerprint density at radius 1 is 1.00 bits per heavy atom. The molecule has 0 heterocycles. The Hall–Kier alpha value is -2.49. The summed E-state index contributed by atoms with van der Waals surface area (Å²) in [6.07, 6.45) is 5.17. The van der Waals surface area contributed by atoms with Crippen molar-refractivity contribution in [1.29, 1.82) is 0 Å². The predicted molar refractivity (Wildman–Crippen MR) is 99.7 cm³/mol. The number of ether oxygens (including phenoxy) is 2. The van der Waals surface area contributed by atoms with Crippen molar-refractivity contribution >= 4 is 11.6 Å². The molecule has 0 bridgehead atoms. The highest BCUT2D eigenvalue weighted by atomic mass is 16.5. The molecule has 1 aliphatic rings. The molecule has 0 saturated heterocycles. The van der Waals surface area contributed by atoms with Crippen LogP contribution in [0.3, 0.4) is 0 Å². The van der Waals surface area contributed by atoms with Gasteiger partial charge in [-0.15, -0.1) is 0 Å². The van der Waals surface area contributed by atoms with Crippen LogP contribution < -0.4 is 14.8 Å². The van der Waals surface area contributed by atoms with E-state index >= 15 is 0 Å². The minimum absolute atomic E-state index is 0.0221. The Bertz CT molecular complexity index is 783. The summed E-state index contributed by atoms with van der Waals surface area (Å²) in [6, 6.07) is 10.1. The van der Waals surface area contributed by atoms with Gasteiger partial charge in [0, 0.05) is 11.8 Å². The Morgan fingerprint density at radius 2 is 1.68 bits per heavy atom. The zero-order valence-corrected chi connectivity index (χ0v) is 15.1. The number of rotatable bonds is 5. The second kappa shape index (κ2) is 7.60. The summed E-state index contributed by atoms with van der Waals surface area (Å²) in [4.78, 5) is 12.5. The molecular formula is C21H25NO3. The smallest absolute Gasteiger partial charge is 0.228 e. The van der Waals surface area contributed by atoms with Crippen LogP contribution in [-0.2, 0) is 24.1 Å². The average Bonchev–Trinajstić information content (AvgIpc) is 2.62.